The van der Waals surface area contributed by atoms with Crippen LogP contribution in [0.2, 0.25) is 0 Å². The lowest BCUT2D eigenvalue weighted by Crippen LogP contribution is -2.37. The Bertz CT molecular complexity index is 414. The first kappa shape index (κ1) is 16.5. The summed E-state index contributed by atoms with van der Waals surface area (Å²) < 4.78 is 5.62. The third kappa shape index (κ3) is 5.21. The minimum atomic E-state index is 0.605. The minimum absolute atomic E-state index is 0.605. The minimum Gasteiger partial charge on any atom is -0.377 e. The maximum Gasteiger partial charge on any atom is 0.191 e. The molecule has 0 aliphatic rings. The van der Waals surface area contributed by atoms with Gasteiger partial charge in [0, 0.05) is 19.7 Å². The molecule has 0 unspecified atom stereocenters. The number of benzene rings is 1. The zero-order chi connectivity index (χ0) is 14.8. The Morgan fingerprint density at radius 3 is 2.40 bits per heavy atom. The lowest BCUT2D eigenvalue weighted by Gasteiger charge is -2.19. The van der Waals surface area contributed by atoms with Crippen LogP contribution in [0.1, 0.15) is 38.3 Å². The molecular formula is C16H27N3O. The van der Waals surface area contributed by atoms with E-state index in [2.05, 4.69) is 42.8 Å². The van der Waals surface area contributed by atoms with Crippen molar-refractivity contribution in [3.8, 4) is 0 Å². The van der Waals surface area contributed by atoms with Crippen LogP contribution in [0.5, 0.6) is 0 Å². The lowest BCUT2D eigenvalue weighted by molar-refractivity contribution is 0.121. The van der Waals surface area contributed by atoms with Crippen molar-refractivity contribution in [2.75, 3.05) is 19.7 Å². The van der Waals surface area contributed by atoms with Crippen LogP contribution in [-0.2, 0) is 17.9 Å². The third-order valence-corrected chi connectivity index (χ3v) is 3.22. The molecule has 2 N–H and O–H groups in total. The van der Waals surface area contributed by atoms with Crippen molar-refractivity contribution in [2.45, 2.75) is 40.3 Å². The first-order chi connectivity index (χ1) is 9.72. The Kier molecular flexibility index (Phi) is 7.73. The van der Waals surface area contributed by atoms with Crippen molar-refractivity contribution in [2.24, 2.45) is 10.7 Å². The molecule has 4 heteroatoms. The van der Waals surface area contributed by atoms with Crippen LogP contribution in [0.25, 0.3) is 0 Å². The molecule has 0 aliphatic heterocycles. The van der Waals surface area contributed by atoms with Gasteiger partial charge in [0.15, 0.2) is 5.96 Å². The van der Waals surface area contributed by atoms with E-state index < -0.39 is 0 Å². The highest BCUT2D eigenvalue weighted by Gasteiger charge is 2.04. The van der Waals surface area contributed by atoms with Gasteiger partial charge in [-0.15, -0.1) is 0 Å². The van der Waals surface area contributed by atoms with E-state index in [1.165, 1.54) is 11.1 Å². The second kappa shape index (κ2) is 9.37. The number of guanidine groups is 1. The van der Waals surface area contributed by atoms with E-state index in [4.69, 9.17) is 10.5 Å². The van der Waals surface area contributed by atoms with Gasteiger partial charge in [-0.25, -0.2) is 4.99 Å². The fourth-order valence-corrected chi connectivity index (χ4v) is 1.99. The van der Waals surface area contributed by atoms with Crippen LogP contribution in [-0.4, -0.2) is 30.6 Å². The topological polar surface area (TPSA) is 50.9 Å². The summed E-state index contributed by atoms with van der Waals surface area (Å²) in [5, 5.41) is 0. The lowest BCUT2D eigenvalue weighted by atomic mass is 10.1. The van der Waals surface area contributed by atoms with Crippen molar-refractivity contribution >= 4 is 5.96 Å². The summed E-state index contributed by atoms with van der Waals surface area (Å²) >= 11 is 0. The smallest absolute Gasteiger partial charge is 0.191 e. The molecule has 112 valence electrons. The molecule has 0 atom stereocenters. The summed E-state index contributed by atoms with van der Waals surface area (Å²) in [5.74, 6) is 0.610. The molecule has 0 fully saturated rings. The monoisotopic (exact) mass is 277 g/mol. The van der Waals surface area contributed by atoms with Gasteiger partial charge in [-0.05, 0) is 31.4 Å². The largest absolute Gasteiger partial charge is 0.377 e. The third-order valence-electron chi connectivity index (χ3n) is 3.22. The van der Waals surface area contributed by atoms with Crippen molar-refractivity contribution < 1.29 is 4.74 Å². The van der Waals surface area contributed by atoms with Crippen molar-refractivity contribution in [1.29, 1.82) is 0 Å². The van der Waals surface area contributed by atoms with Crippen molar-refractivity contribution in [1.82, 2.24) is 4.90 Å². The molecule has 0 aromatic heterocycles. The van der Waals surface area contributed by atoms with Crippen molar-refractivity contribution in [3.05, 3.63) is 35.4 Å². The summed E-state index contributed by atoms with van der Waals surface area (Å²) in [7, 11) is 0. The number of nitrogens with two attached hydrogens (primary N) is 1. The van der Waals surface area contributed by atoms with E-state index in [1.807, 2.05) is 12.1 Å². The summed E-state index contributed by atoms with van der Waals surface area (Å²) in [6, 6.07) is 8.24. The van der Waals surface area contributed by atoms with E-state index in [-0.39, 0.29) is 0 Å². The molecule has 0 spiro atoms. The normalized spacial score (nSPS) is 11.7. The van der Waals surface area contributed by atoms with Crippen LogP contribution in [0, 0.1) is 0 Å². The molecule has 0 saturated heterocycles. The molecule has 0 heterocycles. The second-order valence-corrected chi connectivity index (χ2v) is 4.67. The van der Waals surface area contributed by atoms with E-state index in [0.717, 1.165) is 26.1 Å². The average Bonchev–Trinajstić information content (AvgIpc) is 2.48. The van der Waals surface area contributed by atoms with Gasteiger partial charge in [0.25, 0.3) is 0 Å². The molecule has 0 bridgehead atoms. The second-order valence-electron chi connectivity index (χ2n) is 4.67. The Balaban J connectivity index is 2.69. The van der Waals surface area contributed by atoms with Crippen LogP contribution < -0.4 is 5.73 Å². The van der Waals surface area contributed by atoms with Crippen LogP contribution in [0.4, 0.5) is 0 Å². The Hall–Kier alpha value is -1.55. The van der Waals surface area contributed by atoms with E-state index >= 15 is 0 Å². The highest BCUT2D eigenvalue weighted by atomic mass is 16.5. The first-order valence-electron chi connectivity index (χ1n) is 7.42. The SMILES string of the molecule is CCCOCc1ccccc1CN=C(N)N(CC)CC. The zero-order valence-corrected chi connectivity index (χ0v) is 12.9. The van der Waals surface area contributed by atoms with Gasteiger partial charge in [0.05, 0.1) is 13.2 Å². The maximum absolute atomic E-state index is 6.00. The summed E-state index contributed by atoms with van der Waals surface area (Å²) in [6.45, 7) is 10.1. The van der Waals surface area contributed by atoms with Gasteiger partial charge in [0.1, 0.15) is 0 Å². The van der Waals surface area contributed by atoms with Gasteiger partial charge in [-0.2, -0.15) is 0 Å². The molecule has 1 aromatic rings. The van der Waals surface area contributed by atoms with Gasteiger partial charge in [0.2, 0.25) is 0 Å². The summed E-state index contributed by atoms with van der Waals surface area (Å²) in [6.07, 6.45) is 1.04. The predicted molar refractivity (Wildman–Crippen MR) is 84.6 cm³/mol. The quantitative estimate of drug-likeness (QED) is 0.451. The standard InChI is InChI=1S/C16H27N3O/c1-4-11-20-13-15-10-8-7-9-14(15)12-18-16(17)19(5-2)6-3/h7-10H,4-6,11-13H2,1-3H3,(H2,17,18). The van der Waals surface area contributed by atoms with Crippen molar-refractivity contribution in [3.63, 3.8) is 0 Å². The molecule has 0 aliphatic carbocycles. The highest BCUT2D eigenvalue weighted by molar-refractivity contribution is 5.78. The van der Waals surface area contributed by atoms with Gasteiger partial charge in [-0.3, -0.25) is 0 Å². The van der Waals surface area contributed by atoms with E-state index in [1.54, 1.807) is 0 Å². The molecular weight excluding hydrogens is 250 g/mol. The van der Waals surface area contributed by atoms with Gasteiger partial charge >= 0.3 is 0 Å². The molecule has 4 nitrogen and oxygen atoms in total. The predicted octanol–water partition coefficient (Wildman–Crippen LogP) is 2.77. The summed E-state index contributed by atoms with van der Waals surface area (Å²) in [5.41, 5.74) is 8.37. The maximum atomic E-state index is 6.00. The Morgan fingerprint density at radius 2 is 1.80 bits per heavy atom. The number of aliphatic imine (C=N–C) groups is 1. The fourth-order valence-electron chi connectivity index (χ4n) is 1.99. The zero-order valence-electron chi connectivity index (χ0n) is 12.9. The number of hydrogen-bond donors (Lipinski definition) is 1. The molecule has 0 radical (unpaired) electrons. The fraction of sp³-hybridized carbons (Fsp3) is 0.562. The van der Waals surface area contributed by atoms with Crippen LogP contribution >= 0.6 is 0 Å². The van der Waals surface area contributed by atoms with Crippen LogP contribution in [0.3, 0.4) is 0 Å². The molecule has 1 aromatic carbocycles. The Morgan fingerprint density at radius 1 is 1.15 bits per heavy atom. The van der Waals surface area contributed by atoms with E-state index in [0.29, 0.717) is 19.1 Å². The first-order valence-corrected chi connectivity index (χ1v) is 7.42. The Labute approximate surface area is 122 Å². The molecule has 20 heavy (non-hydrogen) atoms. The van der Waals surface area contributed by atoms with Gasteiger partial charge in [-0.1, -0.05) is 31.2 Å². The van der Waals surface area contributed by atoms with E-state index in [9.17, 15) is 0 Å². The number of nitrogens with zero attached hydrogens (tertiary/aromatic N) is 2. The molecule has 0 saturated carbocycles. The van der Waals surface area contributed by atoms with Gasteiger partial charge < -0.3 is 15.4 Å². The highest BCUT2D eigenvalue weighted by Crippen LogP contribution is 2.11. The number of ether oxygens (including phenoxy) is 1. The molecule has 0 amide bonds. The number of rotatable bonds is 8. The van der Waals surface area contributed by atoms with Crippen LogP contribution in [0.15, 0.2) is 29.3 Å². The summed E-state index contributed by atoms with van der Waals surface area (Å²) in [4.78, 5) is 6.54. The number of hydrogen-bond acceptors (Lipinski definition) is 2. The average molecular weight is 277 g/mol. The molecule has 1 rings (SSSR count).